The molecular weight excluding hydrogens is 238 g/mol. The summed E-state index contributed by atoms with van der Waals surface area (Å²) in [6, 6.07) is 14.9. The maximum absolute atomic E-state index is 12.5. The van der Waals surface area contributed by atoms with Crippen LogP contribution in [0.1, 0.15) is 26.3 Å². The first-order valence-electron chi connectivity index (χ1n) is 6.24. The predicted octanol–water partition coefficient (Wildman–Crippen LogP) is 2.70. The Morgan fingerprint density at radius 2 is 1.84 bits per heavy atom. The minimum absolute atomic E-state index is 0.0313. The van der Waals surface area contributed by atoms with Crippen molar-refractivity contribution in [2.24, 2.45) is 0 Å². The Bertz CT molecular complexity index is 634. The van der Waals surface area contributed by atoms with Crippen molar-refractivity contribution in [3.05, 3.63) is 65.2 Å². The smallest absolute Gasteiger partial charge is 0.258 e. The second kappa shape index (κ2) is 4.69. The second-order valence-electron chi connectivity index (χ2n) is 4.58. The van der Waals surface area contributed by atoms with Gasteiger partial charge >= 0.3 is 0 Å². The molecule has 0 bridgehead atoms. The average molecular weight is 251 g/mol. The summed E-state index contributed by atoms with van der Waals surface area (Å²) in [4.78, 5) is 25.1. The molecule has 0 N–H and O–H groups in total. The molecule has 0 unspecified atom stereocenters. The number of carbonyl (C=O) groups excluding carboxylic acids is 2. The van der Waals surface area contributed by atoms with Gasteiger partial charge in [-0.1, -0.05) is 30.3 Å². The van der Waals surface area contributed by atoms with Crippen molar-refractivity contribution in [1.29, 1.82) is 0 Å². The van der Waals surface area contributed by atoms with Crippen LogP contribution >= 0.6 is 0 Å². The second-order valence-corrected chi connectivity index (χ2v) is 4.58. The van der Waals surface area contributed by atoms with E-state index in [4.69, 9.17) is 0 Å². The zero-order chi connectivity index (χ0) is 13.2. The first-order valence-corrected chi connectivity index (χ1v) is 6.24. The molecule has 2 aromatic rings. The molecule has 0 aromatic heterocycles. The quantitative estimate of drug-likeness (QED) is 0.769. The maximum Gasteiger partial charge on any atom is 0.258 e. The van der Waals surface area contributed by atoms with E-state index in [1.54, 1.807) is 17.0 Å². The Morgan fingerprint density at radius 1 is 1.05 bits per heavy atom. The van der Waals surface area contributed by atoms with E-state index < -0.39 is 0 Å². The molecule has 3 heteroatoms. The van der Waals surface area contributed by atoms with Crippen LogP contribution in [0.5, 0.6) is 0 Å². The van der Waals surface area contributed by atoms with Gasteiger partial charge in [-0.25, -0.2) is 0 Å². The number of anilines is 1. The molecule has 3 rings (SSSR count). The average Bonchev–Trinajstić information content (AvgIpc) is 2.48. The molecule has 3 nitrogen and oxygen atoms in total. The molecule has 1 amide bonds. The van der Waals surface area contributed by atoms with Gasteiger partial charge in [-0.2, -0.15) is 0 Å². The number of amides is 1. The van der Waals surface area contributed by atoms with Gasteiger partial charge in [0.05, 0.1) is 0 Å². The molecule has 94 valence electrons. The highest BCUT2D eigenvalue weighted by Crippen LogP contribution is 2.24. The lowest BCUT2D eigenvalue weighted by molar-refractivity contribution is 0.0980. The molecular formula is C16H13NO2. The number of hydrogen-bond acceptors (Lipinski definition) is 2. The zero-order valence-electron chi connectivity index (χ0n) is 10.4. The third-order valence-corrected chi connectivity index (χ3v) is 3.42. The highest BCUT2D eigenvalue weighted by atomic mass is 16.2. The number of aldehydes is 1. The maximum atomic E-state index is 12.5. The molecule has 0 radical (unpaired) electrons. The standard InChI is InChI=1S/C16H13NO2/c18-11-12-6-7-13-8-9-17(16(19)15(13)10-12)14-4-2-1-3-5-14/h1-7,10-11H,8-9H2. The number of benzene rings is 2. The van der Waals surface area contributed by atoms with Gasteiger partial charge in [0.2, 0.25) is 0 Å². The van der Waals surface area contributed by atoms with Crippen LogP contribution in [0.2, 0.25) is 0 Å². The van der Waals surface area contributed by atoms with Crippen LogP contribution in [0.15, 0.2) is 48.5 Å². The van der Waals surface area contributed by atoms with Gasteiger partial charge in [0.1, 0.15) is 6.29 Å². The van der Waals surface area contributed by atoms with Gasteiger partial charge < -0.3 is 4.90 Å². The van der Waals surface area contributed by atoms with E-state index >= 15 is 0 Å². The van der Waals surface area contributed by atoms with E-state index in [0.29, 0.717) is 17.7 Å². The number of nitrogens with zero attached hydrogens (tertiary/aromatic N) is 1. The van der Waals surface area contributed by atoms with Crippen LogP contribution in [-0.4, -0.2) is 18.7 Å². The van der Waals surface area contributed by atoms with Gasteiger partial charge in [0, 0.05) is 23.4 Å². The third kappa shape index (κ3) is 2.03. The van der Waals surface area contributed by atoms with Gasteiger partial charge in [0.15, 0.2) is 0 Å². The van der Waals surface area contributed by atoms with E-state index in [-0.39, 0.29) is 5.91 Å². The van der Waals surface area contributed by atoms with Crippen LogP contribution < -0.4 is 4.90 Å². The molecule has 0 saturated heterocycles. The topological polar surface area (TPSA) is 37.4 Å². The summed E-state index contributed by atoms with van der Waals surface area (Å²) in [6.07, 6.45) is 1.59. The molecule has 19 heavy (non-hydrogen) atoms. The Labute approximate surface area is 111 Å². The summed E-state index contributed by atoms with van der Waals surface area (Å²) in [5, 5.41) is 0. The molecule has 0 saturated carbocycles. The van der Waals surface area contributed by atoms with Gasteiger partial charge in [-0.3, -0.25) is 9.59 Å². The summed E-state index contributed by atoms with van der Waals surface area (Å²) >= 11 is 0. The van der Waals surface area contributed by atoms with Gasteiger partial charge in [-0.15, -0.1) is 0 Å². The minimum Gasteiger partial charge on any atom is -0.308 e. The first kappa shape index (κ1) is 11.7. The number of hydrogen-bond donors (Lipinski definition) is 0. The Balaban J connectivity index is 2.02. The molecule has 0 spiro atoms. The lowest BCUT2D eigenvalue weighted by atomic mass is 9.96. The summed E-state index contributed by atoms with van der Waals surface area (Å²) in [5.74, 6) is -0.0313. The van der Waals surface area contributed by atoms with E-state index in [9.17, 15) is 9.59 Å². The Hall–Kier alpha value is -2.42. The van der Waals surface area contributed by atoms with Crippen LogP contribution in [0.25, 0.3) is 0 Å². The van der Waals surface area contributed by atoms with Crippen LogP contribution in [0.3, 0.4) is 0 Å². The van der Waals surface area contributed by atoms with E-state index in [0.717, 1.165) is 24.0 Å². The number of rotatable bonds is 2. The van der Waals surface area contributed by atoms with Crippen LogP contribution in [0, 0.1) is 0 Å². The number of carbonyl (C=O) groups is 2. The summed E-state index contributed by atoms with van der Waals surface area (Å²) in [6.45, 7) is 0.677. The normalized spacial score (nSPS) is 14.1. The first-order chi connectivity index (χ1) is 9.29. The number of fused-ring (bicyclic) bond motifs is 1. The fourth-order valence-corrected chi connectivity index (χ4v) is 2.42. The minimum atomic E-state index is -0.0313. The van der Waals surface area contributed by atoms with Crippen molar-refractivity contribution in [3.8, 4) is 0 Å². The van der Waals surface area contributed by atoms with Crippen molar-refractivity contribution in [2.75, 3.05) is 11.4 Å². The third-order valence-electron chi connectivity index (χ3n) is 3.42. The lowest BCUT2D eigenvalue weighted by Crippen LogP contribution is -2.37. The monoisotopic (exact) mass is 251 g/mol. The lowest BCUT2D eigenvalue weighted by Gasteiger charge is -2.28. The van der Waals surface area contributed by atoms with Crippen molar-refractivity contribution in [2.45, 2.75) is 6.42 Å². The van der Waals surface area contributed by atoms with Crippen LogP contribution in [0.4, 0.5) is 5.69 Å². The van der Waals surface area contributed by atoms with Crippen molar-refractivity contribution >= 4 is 17.9 Å². The van der Waals surface area contributed by atoms with Crippen LogP contribution in [-0.2, 0) is 6.42 Å². The molecule has 0 aliphatic carbocycles. The van der Waals surface area contributed by atoms with Crippen molar-refractivity contribution in [3.63, 3.8) is 0 Å². The van der Waals surface area contributed by atoms with Gasteiger partial charge in [0.25, 0.3) is 5.91 Å². The molecule has 1 heterocycles. The molecule has 2 aromatic carbocycles. The number of para-hydroxylation sites is 1. The SMILES string of the molecule is O=Cc1ccc2c(c1)C(=O)N(c1ccccc1)CC2. The highest BCUT2D eigenvalue weighted by molar-refractivity contribution is 6.08. The fraction of sp³-hybridized carbons (Fsp3) is 0.125. The zero-order valence-corrected chi connectivity index (χ0v) is 10.4. The van der Waals surface area contributed by atoms with E-state index in [1.165, 1.54) is 0 Å². The van der Waals surface area contributed by atoms with E-state index in [2.05, 4.69) is 0 Å². The summed E-state index contributed by atoms with van der Waals surface area (Å²) in [5.41, 5.74) is 3.10. The molecule has 1 aliphatic heterocycles. The fourth-order valence-electron chi connectivity index (χ4n) is 2.42. The molecule has 0 fully saturated rings. The summed E-state index contributed by atoms with van der Waals surface area (Å²) in [7, 11) is 0. The molecule has 0 atom stereocenters. The predicted molar refractivity (Wildman–Crippen MR) is 73.7 cm³/mol. The Morgan fingerprint density at radius 3 is 2.58 bits per heavy atom. The highest BCUT2D eigenvalue weighted by Gasteiger charge is 2.25. The van der Waals surface area contributed by atoms with Crippen molar-refractivity contribution in [1.82, 2.24) is 0 Å². The van der Waals surface area contributed by atoms with Crippen molar-refractivity contribution < 1.29 is 9.59 Å². The largest absolute Gasteiger partial charge is 0.308 e. The summed E-state index contributed by atoms with van der Waals surface area (Å²) < 4.78 is 0. The van der Waals surface area contributed by atoms with Gasteiger partial charge in [-0.05, 0) is 30.2 Å². The molecule has 1 aliphatic rings. The van der Waals surface area contributed by atoms with E-state index in [1.807, 2.05) is 36.4 Å². The Kier molecular flexibility index (Phi) is 2.88.